The monoisotopic (exact) mass is 1540 g/mol. The summed E-state index contributed by atoms with van der Waals surface area (Å²) >= 11 is 0. The summed E-state index contributed by atoms with van der Waals surface area (Å²) in [6.07, 6.45) is 67.4. The maximum atomic E-state index is 13.5. The summed E-state index contributed by atoms with van der Waals surface area (Å²) in [6, 6.07) is -1.00. The number of rotatable bonds is 71. The summed E-state index contributed by atoms with van der Waals surface area (Å²) in [6.45, 7) is 1.64. The van der Waals surface area contributed by atoms with Gasteiger partial charge >= 0.3 is 0 Å². The predicted molar refractivity (Wildman–Crippen MR) is 438 cm³/mol. The average Bonchev–Trinajstić information content (AvgIpc) is 0.782. The molecule has 3 aliphatic heterocycles. The molecule has 0 bridgehead atoms. The Labute approximate surface area is 661 Å². The number of aliphatic hydroxyl groups excluding tert-OH is 11. The van der Waals surface area contributed by atoms with Crippen LogP contribution in [0.3, 0.4) is 0 Å². The van der Waals surface area contributed by atoms with Gasteiger partial charge in [0.25, 0.3) is 0 Å². The summed E-state index contributed by atoms with van der Waals surface area (Å²) in [5, 5.41) is 121. The first kappa shape index (κ1) is 100. The van der Waals surface area contributed by atoms with E-state index in [-0.39, 0.29) is 18.9 Å². The number of unbranched alkanes of at least 4 members (excludes halogenated alkanes) is 43. The Morgan fingerprint density at radius 1 is 0.339 bits per heavy atom. The van der Waals surface area contributed by atoms with Crippen LogP contribution in [0.25, 0.3) is 0 Å². The molecule has 0 aromatic rings. The van der Waals surface area contributed by atoms with Gasteiger partial charge < -0.3 is 89.9 Å². The molecule has 17 atom stereocenters. The lowest BCUT2D eigenvalue weighted by atomic mass is 9.96. The zero-order chi connectivity index (χ0) is 78.8. The Balaban J connectivity index is 1.35. The molecule has 0 spiro atoms. The van der Waals surface area contributed by atoms with Crippen molar-refractivity contribution in [2.45, 2.75) is 452 Å². The molecule has 109 heavy (non-hydrogen) atoms. The van der Waals surface area contributed by atoms with Gasteiger partial charge in [-0.1, -0.05) is 343 Å². The van der Waals surface area contributed by atoms with E-state index >= 15 is 0 Å². The normalized spacial score (nSPS) is 25.7. The van der Waals surface area contributed by atoms with E-state index in [0.717, 1.165) is 70.6 Å². The molecule has 634 valence electrons. The van der Waals surface area contributed by atoms with Crippen LogP contribution in [-0.4, -0.2) is 193 Å². The van der Waals surface area contributed by atoms with Crippen LogP contribution < -0.4 is 5.32 Å². The van der Waals surface area contributed by atoms with Gasteiger partial charge in [-0.05, 0) is 83.5 Å². The maximum Gasteiger partial charge on any atom is 0.220 e. The number of allylic oxidation sites excluding steroid dienone is 13. The molecular formula is C90H161NO18. The number of hydrogen-bond donors (Lipinski definition) is 12. The second kappa shape index (κ2) is 69.3. The van der Waals surface area contributed by atoms with Crippen LogP contribution in [-0.2, 0) is 33.2 Å². The minimum atomic E-state index is -1.99. The standard InChI is InChI=1S/C90H161NO18/c1-3-5-7-9-11-13-15-17-19-21-23-25-27-29-31-33-35-36-38-39-41-43-45-47-49-51-53-55-57-59-61-63-65-67-74(95)73(91-78(96)68-66-64-62-60-58-56-54-52-50-48-46-44-42-40-37-34-32-30-28-26-24-22-20-18-16-14-12-10-8-6-4-2)72-104-88-84(102)81(99)86(76(70-93)106-88)109-90-85(103)82(100)87(77(71-94)107-90)108-89-83(101)80(98)79(97)75(69-92)105-89/h6,8,12,14,18,20,24,26,49,51,57,59,65,67,73-77,79-90,92-95,97-103H,3-5,7,9-11,13,15-17,19,21-23,25,27-48,50,52-56,58,60-64,66,68-72H2,1-2H3,(H,91,96)/b8-6-,14-12-,20-18-,26-24-,51-49+,59-57+,67-65+. The molecule has 19 nitrogen and oxygen atoms in total. The zero-order valence-electron chi connectivity index (χ0n) is 68.3. The average molecular weight is 1550 g/mol. The molecule has 1 amide bonds. The van der Waals surface area contributed by atoms with Gasteiger partial charge in [0.15, 0.2) is 18.9 Å². The van der Waals surface area contributed by atoms with E-state index in [2.05, 4.69) is 92.1 Å². The van der Waals surface area contributed by atoms with E-state index in [0.29, 0.717) is 12.8 Å². The van der Waals surface area contributed by atoms with Gasteiger partial charge in [-0.25, -0.2) is 0 Å². The Hall–Kier alpha value is -3.03. The van der Waals surface area contributed by atoms with Crippen LogP contribution in [0, 0.1) is 0 Å². The van der Waals surface area contributed by atoms with Gasteiger partial charge in [-0.15, -0.1) is 0 Å². The van der Waals surface area contributed by atoms with Crippen LogP contribution >= 0.6 is 0 Å². The lowest BCUT2D eigenvalue weighted by Gasteiger charge is -2.48. The van der Waals surface area contributed by atoms with E-state index in [9.17, 15) is 61.0 Å². The fraction of sp³-hybridized carbons (Fsp3) is 0.833. The van der Waals surface area contributed by atoms with Crippen LogP contribution in [0.5, 0.6) is 0 Å². The van der Waals surface area contributed by atoms with Gasteiger partial charge in [0, 0.05) is 6.42 Å². The molecule has 12 N–H and O–H groups in total. The minimum Gasteiger partial charge on any atom is -0.394 e. The van der Waals surface area contributed by atoms with Crippen molar-refractivity contribution in [1.29, 1.82) is 0 Å². The van der Waals surface area contributed by atoms with Crippen molar-refractivity contribution in [3.63, 3.8) is 0 Å². The second-order valence-electron chi connectivity index (χ2n) is 31.3. The van der Waals surface area contributed by atoms with Crippen molar-refractivity contribution < 1.29 is 89.4 Å². The molecule has 0 saturated carbocycles. The summed E-state index contributed by atoms with van der Waals surface area (Å²) in [4.78, 5) is 13.5. The smallest absolute Gasteiger partial charge is 0.220 e. The fourth-order valence-electron chi connectivity index (χ4n) is 14.6. The van der Waals surface area contributed by atoms with Crippen molar-refractivity contribution in [3.05, 3.63) is 85.1 Å². The molecule has 19 heteroatoms. The largest absolute Gasteiger partial charge is 0.394 e. The van der Waals surface area contributed by atoms with Gasteiger partial charge in [-0.2, -0.15) is 0 Å². The summed E-state index contributed by atoms with van der Waals surface area (Å²) in [5.41, 5.74) is 0. The highest BCUT2D eigenvalue weighted by Gasteiger charge is 2.54. The van der Waals surface area contributed by atoms with E-state index in [4.69, 9.17) is 28.4 Å². The summed E-state index contributed by atoms with van der Waals surface area (Å²) in [5.74, 6) is -0.287. The van der Waals surface area contributed by atoms with Crippen LogP contribution in [0.2, 0.25) is 0 Å². The Bertz CT molecular complexity index is 2300. The van der Waals surface area contributed by atoms with E-state index in [1.165, 1.54) is 244 Å². The molecular weight excluding hydrogens is 1380 g/mol. The summed E-state index contributed by atoms with van der Waals surface area (Å²) < 4.78 is 34.5. The van der Waals surface area contributed by atoms with Crippen molar-refractivity contribution >= 4 is 5.91 Å². The molecule has 3 rings (SSSR count). The number of nitrogens with one attached hydrogen (secondary N) is 1. The predicted octanol–water partition coefficient (Wildman–Crippen LogP) is 16.5. The van der Waals surface area contributed by atoms with E-state index in [1.807, 2.05) is 6.08 Å². The van der Waals surface area contributed by atoms with Crippen LogP contribution in [0.15, 0.2) is 85.1 Å². The molecule has 0 aromatic carbocycles. The van der Waals surface area contributed by atoms with E-state index < -0.39 is 124 Å². The lowest BCUT2D eigenvalue weighted by molar-refractivity contribution is -0.379. The molecule has 0 aromatic heterocycles. The number of carbonyl (C=O) groups excluding carboxylic acids is 1. The van der Waals surface area contributed by atoms with Crippen molar-refractivity contribution in [1.82, 2.24) is 5.32 Å². The topological polar surface area (TPSA) is 307 Å². The van der Waals surface area contributed by atoms with Gasteiger partial charge in [-0.3, -0.25) is 4.79 Å². The number of aliphatic hydroxyl groups is 11. The fourth-order valence-corrected chi connectivity index (χ4v) is 14.6. The highest BCUT2D eigenvalue weighted by Crippen LogP contribution is 2.33. The number of ether oxygens (including phenoxy) is 6. The zero-order valence-corrected chi connectivity index (χ0v) is 68.3. The molecule has 3 aliphatic rings. The van der Waals surface area contributed by atoms with E-state index in [1.54, 1.807) is 6.08 Å². The Morgan fingerprint density at radius 2 is 0.642 bits per heavy atom. The quantitative estimate of drug-likeness (QED) is 0.0199. The molecule has 3 saturated heterocycles. The van der Waals surface area contributed by atoms with Gasteiger partial charge in [0.05, 0.1) is 38.6 Å². The molecule has 0 aliphatic carbocycles. The highest BCUT2D eigenvalue weighted by molar-refractivity contribution is 5.76. The maximum absolute atomic E-state index is 13.5. The molecule has 0 radical (unpaired) electrons. The first-order valence-corrected chi connectivity index (χ1v) is 44.3. The SMILES string of the molecule is CC/C=C\C/C=C\C/C=C\C/C=C\CCCCCCCCCCCCCCCCCCCCC(=O)NC(COC1OC(CO)C(OC2OC(CO)C(OC3OC(CO)C(O)C(O)C3O)C(O)C2O)C(O)C1O)C(O)/C=C/CC/C=C/CC/C=C/CCCCCCCCCCCCCCCCCCCCCCCCC. The van der Waals surface area contributed by atoms with Crippen LogP contribution in [0.4, 0.5) is 0 Å². The number of amides is 1. The number of hydrogen-bond acceptors (Lipinski definition) is 18. The molecule has 3 heterocycles. The minimum absolute atomic E-state index is 0.230. The third-order valence-electron chi connectivity index (χ3n) is 21.7. The second-order valence-corrected chi connectivity index (χ2v) is 31.3. The third-order valence-corrected chi connectivity index (χ3v) is 21.7. The molecule has 17 unspecified atom stereocenters. The Kier molecular flexibility index (Phi) is 63.7. The Morgan fingerprint density at radius 3 is 1.03 bits per heavy atom. The first-order chi connectivity index (χ1) is 53.3. The highest BCUT2D eigenvalue weighted by atomic mass is 16.8. The van der Waals surface area contributed by atoms with Crippen LogP contribution in [0.1, 0.15) is 348 Å². The van der Waals surface area contributed by atoms with Crippen molar-refractivity contribution in [3.8, 4) is 0 Å². The first-order valence-electron chi connectivity index (χ1n) is 44.3. The third kappa shape index (κ3) is 48.2. The lowest BCUT2D eigenvalue weighted by Crippen LogP contribution is -2.66. The molecule has 3 fully saturated rings. The van der Waals surface area contributed by atoms with Gasteiger partial charge in [0.2, 0.25) is 5.91 Å². The number of carbonyl (C=O) groups is 1. The van der Waals surface area contributed by atoms with Crippen molar-refractivity contribution in [2.24, 2.45) is 0 Å². The van der Waals surface area contributed by atoms with Gasteiger partial charge in [0.1, 0.15) is 73.2 Å². The van der Waals surface area contributed by atoms with Crippen molar-refractivity contribution in [2.75, 3.05) is 26.4 Å². The summed E-state index contributed by atoms with van der Waals surface area (Å²) in [7, 11) is 0.